The van der Waals surface area contributed by atoms with Crippen molar-refractivity contribution in [1.29, 1.82) is 0 Å². The number of nitrogens with zero attached hydrogens (tertiary/aromatic N) is 4. The van der Waals surface area contributed by atoms with Crippen LogP contribution in [0.2, 0.25) is 0 Å². The fourth-order valence-corrected chi connectivity index (χ4v) is 3.84. The molecule has 1 aliphatic heterocycles. The van der Waals surface area contributed by atoms with Crippen LogP contribution in [-0.4, -0.2) is 26.2 Å². The van der Waals surface area contributed by atoms with Crippen molar-refractivity contribution < 1.29 is 17.9 Å². The average molecular weight is 437 g/mol. The molecule has 2 aromatic carbocycles. The third kappa shape index (κ3) is 4.33. The van der Waals surface area contributed by atoms with Crippen molar-refractivity contribution in [2.75, 3.05) is 5.32 Å². The topological polar surface area (TPSA) is 63.2 Å². The molecule has 32 heavy (non-hydrogen) atoms. The minimum Gasteiger partial charge on any atom is -0.405 e. The van der Waals surface area contributed by atoms with Gasteiger partial charge in [0, 0.05) is 36.1 Å². The van der Waals surface area contributed by atoms with Gasteiger partial charge in [-0.15, -0.1) is 13.2 Å². The molecular formula is C23H18F3N5O. The van der Waals surface area contributed by atoms with Gasteiger partial charge in [-0.2, -0.15) is 0 Å². The number of pyridine rings is 1. The van der Waals surface area contributed by atoms with Crippen molar-refractivity contribution >= 4 is 22.4 Å². The maximum absolute atomic E-state index is 12.7. The molecule has 162 valence electrons. The van der Waals surface area contributed by atoms with Gasteiger partial charge in [-0.1, -0.05) is 36.4 Å². The molecule has 0 unspecified atom stereocenters. The lowest BCUT2D eigenvalue weighted by Gasteiger charge is -2.18. The minimum atomic E-state index is -4.74. The van der Waals surface area contributed by atoms with E-state index in [0.29, 0.717) is 31.0 Å². The lowest BCUT2D eigenvalue weighted by atomic mass is 10.2. The zero-order valence-corrected chi connectivity index (χ0v) is 16.8. The van der Waals surface area contributed by atoms with E-state index in [0.717, 1.165) is 27.8 Å². The van der Waals surface area contributed by atoms with Crippen molar-refractivity contribution in [3.05, 3.63) is 83.9 Å². The van der Waals surface area contributed by atoms with Gasteiger partial charge in [0.25, 0.3) is 0 Å². The Morgan fingerprint density at radius 2 is 1.78 bits per heavy atom. The summed E-state index contributed by atoms with van der Waals surface area (Å²) in [5.41, 5.74) is 3.91. The van der Waals surface area contributed by atoms with Crippen LogP contribution < -0.4 is 10.1 Å². The van der Waals surface area contributed by atoms with Crippen LogP contribution in [0.1, 0.15) is 16.8 Å². The van der Waals surface area contributed by atoms with Crippen LogP contribution in [0.3, 0.4) is 0 Å². The Morgan fingerprint density at radius 3 is 2.66 bits per heavy atom. The molecule has 0 bridgehead atoms. The number of alkyl halides is 3. The van der Waals surface area contributed by atoms with E-state index in [4.69, 9.17) is 0 Å². The first kappa shape index (κ1) is 20.2. The van der Waals surface area contributed by atoms with Gasteiger partial charge in [0.05, 0.1) is 23.1 Å². The Labute approximate surface area is 181 Å². The predicted octanol–water partition coefficient (Wildman–Crippen LogP) is 5.18. The minimum absolute atomic E-state index is 0.192. The molecule has 0 saturated carbocycles. The molecule has 4 aromatic rings. The van der Waals surface area contributed by atoms with Gasteiger partial charge >= 0.3 is 6.36 Å². The van der Waals surface area contributed by atoms with Gasteiger partial charge in [-0.3, -0.25) is 9.88 Å². The Hall–Kier alpha value is -3.72. The molecule has 3 heterocycles. The normalized spacial score (nSPS) is 13.8. The standard InChI is InChI=1S/C23H18F3N5O/c24-23(25,26)32-21-8-4-2-6-16(21)11-31-12-18-20(13-31)28-14-29-22(18)30-17-9-15-5-1-3-7-19(15)27-10-17/h1-10,14H,11-13H2,(H,28,29,30). The van der Waals surface area contributed by atoms with E-state index in [2.05, 4.69) is 25.0 Å². The number of hydrogen-bond acceptors (Lipinski definition) is 6. The second-order valence-corrected chi connectivity index (χ2v) is 7.49. The average Bonchev–Trinajstić information content (AvgIpc) is 3.18. The van der Waals surface area contributed by atoms with E-state index in [1.165, 1.54) is 18.5 Å². The Bertz CT molecular complexity index is 1280. The number of para-hydroxylation sites is 2. The van der Waals surface area contributed by atoms with E-state index in [9.17, 15) is 13.2 Å². The maximum Gasteiger partial charge on any atom is 0.573 e. The van der Waals surface area contributed by atoms with Crippen molar-refractivity contribution in [2.24, 2.45) is 0 Å². The van der Waals surface area contributed by atoms with Crippen LogP contribution >= 0.6 is 0 Å². The number of ether oxygens (including phenoxy) is 1. The molecule has 0 fully saturated rings. The van der Waals surface area contributed by atoms with Crippen molar-refractivity contribution in [2.45, 2.75) is 26.0 Å². The molecule has 2 aromatic heterocycles. The summed E-state index contributed by atoms with van der Waals surface area (Å²) in [5.74, 6) is 0.469. The van der Waals surface area contributed by atoms with Crippen LogP contribution in [-0.2, 0) is 19.6 Å². The number of benzene rings is 2. The highest BCUT2D eigenvalue weighted by molar-refractivity contribution is 5.82. The molecule has 0 atom stereocenters. The van der Waals surface area contributed by atoms with Gasteiger partial charge < -0.3 is 10.1 Å². The molecule has 1 N–H and O–H groups in total. The molecule has 0 radical (unpaired) electrons. The highest BCUT2D eigenvalue weighted by atomic mass is 19.4. The number of hydrogen-bond donors (Lipinski definition) is 1. The molecule has 9 heteroatoms. The Balaban J connectivity index is 1.35. The highest BCUT2D eigenvalue weighted by Gasteiger charge is 2.32. The van der Waals surface area contributed by atoms with Crippen LogP contribution in [0, 0.1) is 0 Å². The second-order valence-electron chi connectivity index (χ2n) is 7.49. The van der Waals surface area contributed by atoms with Gasteiger partial charge in [-0.25, -0.2) is 9.97 Å². The summed E-state index contributed by atoms with van der Waals surface area (Å²) < 4.78 is 42.4. The van der Waals surface area contributed by atoms with Crippen molar-refractivity contribution in [3.8, 4) is 5.75 Å². The summed E-state index contributed by atoms with van der Waals surface area (Å²) in [6.07, 6.45) is -1.51. The summed E-state index contributed by atoms with van der Waals surface area (Å²) in [4.78, 5) is 15.2. The van der Waals surface area contributed by atoms with Crippen LogP contribution in [0.15, 0.2) is 67.1 Å². The van der Waals surface area contributed by atoms with Crippen LogP contribution in [0.4, 0.5) is 24.7 Å². The van der Waals surface area contributed by atoms with Gasteiger partial charge in [-0.05, 0) is 18.2 Å². The summed E-state index contributed by atoms with van der Waals surface area (Å²) in [6.45, 7) is 1.29. The van der Waals surface area contributed by atoms with E-state index in [-0.39, 0.29) is 5.75 Å². The summed E-state index contributed by atoms with van der Waals surface area (Å²) in [6, 6.07) is 16.0. The first-order valence-corrected chi connectivity index (χ1v) is 9.95. The van der Waals surface area contributed by atoms with Gasteiger partial charge in [0.2, 0.25) is 0 Å². The number of halogens is 3. The first-order valence-electron chi connectivity index (χ1n) is 9.95. The second kappa shape index (κ2) is 8.08. The fraction of sp³-hybridized carbons (Fsp3) is 0.174. The molecular weight excluding hydrogens is 419 g/mol. The number of nitrogens with one attached hydrogen (secondary N) is 1. The van der Waals surface area contributed by atoms with Crippen molar-refractivity contribution in [3.63, 3.8) is 0 Å². The third-order valence-electron chi connectivity index (χ3n) is 5.24. The third-order valence-corrected chi connectivity index (χ3v) is 5.24. The van der Waals surface area contributed by atoms with E-state index in [1.807, 2.05) is 35.2 Å². The zero-order valence-electron chi connectivity index (χ0n) is 16.8. The summed E-state index contributed by atoms with van der Waals surface area (Å²) in [5, 5.41) is 4.32. The van der Waals surface area contributed by atoms with Gasteiger partial charge in [0.15, 0.2) is 0 Å². The number of fused-ring (bicyclic) bond motifs is 2. The fourth-order valence-electron chi connectivity index (χ4n) is 3.84. The van der Waals surface area contributed by atoms with E-state index in [1.54, 1.807) is 18.3 Å². The molecule has 6 nitrogen and oxygen atoms in total. The van der Waals surface area contributed by atoms with E-state index < -0.39 is 6.36 Å². The first-order chi connectivity index (χ1) is 15.4. The molecule has 0 aliphatic carbocycles. The lowest BCUT2D eigenvalue weighted by molar-refractivity contribution is -0.275. The summed E-state index contributed by atoms with van der Waals surface area (Å²) in [7, 11) is 0. The maximum atomic E-state index is 12.7. The zero-order chi connectivity index (χ0) is 22.1. The number of anilines is 2. The van der Waals surface area contributed by atoms with E-state index >= 15 is 0 Å². The predicted molar refractivity (Wildman–Crippen MR) is 113 cm³/mol. The SMILES string of the molecule is FC(F)(F)Oc1ccccc1CN1Cc2ncnc(Nc3cnc4ccccc4c3)c2C1. The molecule has 1 aliphatic rings. The quantitative estimate of drug-likeness (QED) is 0.464. The largest absolute Gasteiger partial charge is 0.573 e. The Kier molecular flexibility index (Phi) is 5.10. The smallest absolute Gasteiger partial charge is 0.405 e. The highest BCUT2D eigenvalue weighted by Crippen LogP contribution is 2.32. The van der Waals surface area contributed by atoms with Crippen LogP contribution in [0.5, 0.6) is 5.75 Å². The van der Waals surface area contributed by atoms with Crippen molar-refractivity contribution in [1.82, 2.24) is 19.9 Å². The number of aromatic nitrogens is 3. The molecule has 0 spiro atoms. The molecule has 0 amide bonds. The molecule has 0 saturated heterocycles. The molecule has 5 rings (SSSR count). The van der Waals surface area contributed by atoms with Crippen LogP contribution in [0.25, 0.3) is 10.9 Å². The summed E-state index contributed by atoms with van der Waals surface area (Å²) >= 11 is 0. The van der Waals surface area contributed by atoms with Gasteiger partial charge in [0.1, 0.15) is 17.9 Å². The Morgan fingerprint density at radius 1 is 0.969 bits per heavy atom. The number of rotatable bonds is 5. The lowest BCUT2D eigenvalue weighted by Crippen LogP contribution is -2.21. The monoisotopic (exact) mass is 437 g/mol.